The first-order valence-electron chi connectivity index (χ1n) is 8.56. The molecule has 4 rings (SSSR count). The van der Waals surface area contributed by atoms with Gasteiger partial charge in [0, 0.05) is 34.8 Å². The molecule has 2 aromatic carbocycles. The Labute approximate surface area is 161 Å². The molecule has 4 aromatic rings. The standard InChI is InChI=1S/C19H16F2N4O2S/c20-15-6-4-11(2-1-7-25-28(26)27)17(21)16(15)12-3-5-14-13(8-12)9-22-19-18(14)23-10-24-19/h3-6,8-10,25H,1-2,7H2,(H,26,27)(H,22,23,24)/p-1. The van der Waals surface area contributed by atoms with Gasteiger partial charge in [0.15, 0.2) is 5.65 Å². The van der Waals surface area contributed by atoms with E-state index < -0.39 is 22.9 Å². The molecule has 2 N–H and O–H groups in total. The van der Waals surface area contributed by atoms with Crippen LogP contribution in [0.2, 0.25) is 0 Å². The SMILES string of the molecule is O=S([O-])NCCCc1ccc(F)c(-c2ccc3c(cnc4nc[nH]c43)c2)c1F. The van der Waals surface area contributed by atoms with Gasteiger partial charge >= 0.3 is 0 Å². The molecular weight excluding hydrogens is 386 g/mol. The number of aromatic nitrogens is 3. The van der Waals surface area contributed by atoms with E-state index >= 15 is 0 Å². The maximum absolute atomic E-state index is 15.0. The van der Waals surface area contributed by atoms with E-state index in [2.05, 4.69) is 19.7 Å². The number of pyridine rings is 1. The number of hydrogen-bond acceptors (Lipinski definition) is 4. The highest BCUT2D eigenvalue weighted by atomic mass is 32.2. The van der Waals surface area contributed by atoms with Crippen molar-refractivity contribution < 1.29 is 17.5 Å². The summed E-state index contributed by atoms with van der Waals surface area (Å²) in [5, 5.41) is 1.60. The fraction of sp³-hybridized carbons (Fsp3) is 0.158. The van der Waals surface area contributed by atoms with Crippen molar-refractivity contribution in [1.82, 2.24) is 19.7 Å². The number of imidazole rings is 1. The zero-order chi connectivity index (χ0) is 19.7. The second-order valence-corrected chi connectivity index (χ2v) is 7.05. The van der Waals surface area contributed by atoms with Crippen LogP contribution in [0.5, 0.6) is 0 Å². The molecule has 0 spiro atoms. The maximum Gasteiger partial charge on any atom is 0.178 e. The van der Waals surface area contributed by atoms with Crippen molar-refractivity contribution in [3.05, 3.63) is 60.1 Å². The summed E-state index contributed by atoms with van der Waals surface area (Å²) in [5.74, 6) is -1.30. The monoisotopic (exact) mass is 401 g/mol. The van der Waals surface area contributed by atoms with E-state index in [0.29, 0.717) is 23.2 Å². The average Bonchev–Trinajstić information content (AvgIpc) is 3.15. The number of rotatable bonds is 6. The molecule has 9 heteroatoms. The lowest BCUT2D eigenvalue weighted by atomic mass is 9.97. The predicted molar refractivity (Wildman–Crippen MR) is 102 cm³/mol. The van der Waals surface area contributed by atoms with Gasteiger partial charge in [-0.2, -0.15) is 0 Å². The van der Waals surface area contributed by atoms with Gasteiger partial charge < -0.3 is 9.54 Å². The van der Waals surface area contributed by atoms with Crippen molar-refractivity contribution in [1.29, 1.82) is 0 Å². The summed E-state index contributed by atoms with van der Waals surface area (Å²) in [6.07, 6.45) is 3.85. The van der Waals surface area contributed by atoms with E-state index in [1.165, 1.54) is 12.1 Å². The summed E-state index contributed by atoms with van der Waals surface area (Å²) in [4.78, 5) is 11.4. The van der Waals surface area contributed by atoms with Crippen LogP contribution < -0.4 is 4.72 Å². The molecule has 2 aromatic heterocycles. The summed E-state index contributed by atoms with van der Waals surface area (Å²) in [5.41, 5.74) is 1.97. The molecule has 28 heavy (non-hydrogen) atoms. The minimum atomic E-state index is -2.35. The summed E-state index contributed by atoms with van der Waals surface area (Å²) in [6.45, 7) is 0.185. The third kappa shape index (κ3) is 3.51. The van der Waals surface area contributed by atoms with Gasteiger partial charge in [-0.3, -0.25) is 4.21 Å². The van der Waals surface area contributed by atoms with Crippen LogP contribution in [0.1, 0.15) is 12.0 Å². The summed E-state index contributed by atoms with van der Waals surface area (Å²) < 4.78 is 52.6. The second kappa shape index (κ2) is 7.70. The lowest BCUT2D eigenvalue weighted by Crippen LogP contribution is -2.18. The maximum atomic E-state index is 15.0. The Balaban J connectivity index is 1.70. The van der Waals surface area contributed by atoms with Crippen molar-refractivity contribution in [2.45, 2.75) is 12.8 Å². The van der Waals surface area contributed by atoms with E-state index in [4.69, 9.17) is 0 Å². The van der Waals surface area contributed by atoms with Crippen molar-refractivity contribution in [2.75, 3.05) is 6.54 Å². The van der Waals surface area contributed by atoms with Crippen molar-refractivity contribution in [3.63, 3.8) is 0 Å². The first-order chi connectivity index (χ1) is 13.5. The first kappa shape index (κ1) is 18.6. The predicted octanol–water partition coefficient (Wildman–Crippen LogP) is 3.37. The highest BCUT2D eigenvalue weighted by molar-refractivity contribution is 7.77. The molecule has 6 nitrogen and oxygen atoms in total. The van der Waals surface area contributed by atoms with Crippen LogP contribution in [0.15, 0.2) is 42.9 Å². The molecule has 0 saturated carbocycles. The quantitative estimate of drug-likeness (QED) is 0.383. The molecule has 144 valence electrons. The van der Waals surface area contributed by atoms with Crippen molar-refractivity contribution in [3.8, 4) is 11.1 Å². The van der Waals surface area contributed by atoms with Gasteiger partial charge in [-0.15, -0.1) is 0 Å². The number of nitrogens with zero attached hydrogens (tertiary/aromatic N) is 2. The van der Waals surface area contributed by atoms with Crippen molar-refractivity contribution >= 4 is 33.2 Å². The summed E-state index contributed by atoms with van der Waals surface area (Å²) >= 11 is -2.35. The average molecular weight is 401 g/mol. The Morgan fingerprint density at radius 1 is 1.18 bits per heavy atom. The van der Waals surface area contributed by atoms with Gasteiger partial charge in [0.2, 0.25) is 0 Å². The van der Waals surface area contributed by atoms with Crippen LogP contribution >= 0.6 is 0 Å². The Kier molecular flexibility index (Phi) is 5.12. The molecule has 0 aliphatic carbocycles. The molecule has 0 aliphatic rings. The fourth-order valence-electron chi connectivity index (χ4n) is 3.25. The Bertz CT molecular complexity index is 1200. The lowest BCUT2D eigenvalue weighted by molar-refractivity contribution is 0.520. The van der Waals surface area contributed by atoms with Crippen LogP contribution in [0.4, 0.5) is 8.78 Å². The number of halogens is 2. The van der Waals surface area contributed by atoms with Gasteiger partial charge in [0.05, 0.1) is 17.4 Å². The van der Waals surface area contributed by atoms with Crippen LogP contribution in [-0.4, -0.2) is 30.3 Å². The molecule has 0 saturated heterocycles. The van der Waals surface area contributed by atoms with E-state index in [1.54, 1.807) is 30.7 Å². The van der Waals surface area contributed by atoms with Gasteiger partial charge in [0.25, 0.3) is 0 Å². The summed E-state index contributed by atoms with van der Waals surface area (Å²) in [6, 6.07) is 7.75. The fourth-order valence-corrected chi connectivity index (χ4v) is 3.57. The molecule has 1 atom stereocenters. The highest BCUT2D eigenvalue weighted by Crippen LogP contribution is 2.32. The van der Waals surface area contributed by atoms with Gasteiger partial charge in [-0.25, -0.2) is 23.5 Å². The van der Waals surface area contributed by atoms with E-state index in [0.717, 1.165) is 16.3 Å². The van der Waals surface area contributed by atoms with Crippen LogP contribution in [-0.2, 0) is 17.7 Å². The number of fused-ring (bicyclic) bond motifs is 3. The number of aromatic amines is 1. The molecule has 0 aliphatic heterocycles. The Morgan fingerprint density at radius 3 is 2.86 bits per heavy atom. The molecule has 0 amide bonds. The van der Waals surface area contributed by atoms with E-state index in [9.17, 15) is 17.5 Å². The number of nitrogens with one attached hydrogen (secondary N) is 2. The molecule has 1 unspecified atom stereocenters. The van der Waals surface area contributed by atoms with E-state index in [-0.39, 0.29) is 18.5 Å². The largest absolute Gasteiger partial charge is 0.760 e. The number of H-pyrrole nitrogens is 1. The van der Waals surface area contributed by atoms with Crippen LogP contribution in [0.3, 0.4) is 0 Å². The molecule has 0 fully saturated rings. The van der Waals surface area contributed by atoms with Gasteiger partial charge in [0.1, 0.15) is 11.6 Å². The first-order valence-corrected chi connectivity index (χ1v) is 9.64. The molecule has 0 bridgehead atoms. The number of hydrogen-bond donors (Lipinski definition) is 2. The van der Waals surface area contributed by atoms with Gasteiger partial charge in [-0.05, 0) is 36.1 Å². The minimum absolute atomic E-state index is 0.107. The molecule has 2 heterocycles. The third-order valence-corrected chi connectivity index (χ3v) is 5.01. The lowest BCUT2D eigenvalue weighted by Gasteiger charge is -2.12. The topological polar surface area (TPSA) is 93.7 Å². The highest BCUT2D eigenvalue weighted by Gasteiger charge is 2.16. The molecular formula is C19H15F2N4O2S-. The molecule has 0 radical (unpaired) electrons. The van der Waals surface area contributed by atoms with Gasteiger partial charge in [-0.1, -0.05) is 18.2 Å². The van der Waals surface area contributed by atoms with Crippen LogP contribution in [0.25, 0.3) is 33.1 Å². The Morgan fingerprint density at radius 2 is 2.04 bits per heavy atom. The third-order valence-electron chi connectivity index (χ3n) is 4.57. The zero-order valence-corrected chi connectivity index (χ0v) is 15.4. The number of benzene rings is 2. The number of aryl methyl sites for hydroxylation is 1. The smallest absolute Gasteiger partial charge is 0.178 e. The van der Waals surface area contributed by atoms with Crippen molar-refractivity contribution in [2.24, 2.45) is 0 Å². The minimum Gasteiger partial charge on any atom is -0.760 e. The normalized spacial score (nSPS) is 12.7. The Hall–Kier alpha value is -2.75. The summed E-state index contributed by atoms with van der Waals surface area (Å²) in [7, 11) is 0. The van der Waals surface area contributed by atoms with E-state index in [1.807, 2.05) is 0 Å². The van der Waals surface area contributed by atoms with Crippen LogP contribution in [0, 0.1) is 11.6 Å². The second-order valence-electron chi connectivity index (χ2n) is 6.29. The zero-order valence-electron chi connectivity index (χ0n) is 14.5.